The molecule has 2 aliphatic rings. The molecule has 0 aromatic heterocycles. The zero-order chi connectivity index (χ0) is 18.9. The Bertz CT molecular complexity index is 860. The molecule has 27 heavy (non-hydrogen) atoms. The number of nitrogens with one attached hydrogen (secondary N) is 2. The summed E-state index contributed by atoms with van der Waals surface area (Å²) in [5.74, 6) is 0.0461. The van der Waals surface area contributed by atoms with Crippen LogP contribution in [0.2, 0.25) is 0 Å². The maximum Gasteiger partial charge on any atom is 0.321 e. The van der Waals surface area contributed by atoms with Crippen LogP contribution < -0.4 is 15.5 Å². The smallest absolute Gasteiger partial charge is 0.321 e. The number of carbonyl (C=O) groups is 2. The summed E-state index contributed by atoms with van der Waals surface area (Å²) in [6.45, 7) is 1.32. The first-order chi connectivity index (χ1) is 13.1. The molecule has 1 aliphatic heterocycles. The van der Waals surface area contributed by atoms with Crippen LogP contribution in [0.15, 0.2) is 53.0 Å². The Kier molecular flexibility index (Phi) is 4.91. The standard InChI is InChI=1S/C21H22BrN3O2/c22-16-5-3-4-15(14-16)21(10-1-2-11-21)19(26)24-17-6-8-18(9-7-17)25-13-12-23-20(25)27/h3-9,14H,1-2,10-13H2,(H,23,27)(H,24,26). The van der Waals surface area contributed by atoms with Gasteiger partial charge >= 0.3 is 6.03 Å². The number of nitrogens with zero attached hydrogens (tertiary/aromatic N) is 1. The highest BCUT2D eigenvalue weighted by molar-refractivity contribution is 9.10. The molecule has 1 saturated heterocycles. The predicted molar refractivity (Wildman–Crippen MR) is 110 cm³/mol. The summed E-state index contributed by atoms with van der Waals surface area (Å²) in [5, 5.41) is 5.89. The van der Waals surface area contributed by atoms with Crippen molar-refractivity contribution >= 4 is 39.2 Å². The van der Waals surface area contributed by atoms with Gasteiger partial charge in [0.05, 0.1) is 5.41 Å². The third-order valence-electron chi connectivity index (χ3n) is 5.56. The molecule has 0 radical (unpaired) electrons. The molecule has 6 heteroatoms. The van der Waals surface area contributed by atoms with E-state index in [2.05, 4.69) is 32.6 Å². The van der Waals surface area contributed by atoms with Crippen molar-refractivity contribution in [3.05, 3.63) is 58.6 Å². The highest BCUT2D eigenvalue weighted by Gasteiger charge is 2.42. The Morgan fingerprint density at radius 2 is 1.85 bits per heavy atom. The molecule has 5 nitrogen and oxygen atoms in total. The van der Waals surface area contributed by atoms with Gasteiger partial charge in [0, 0.05) is 28.9 Å². The van der Waals surface area contributed by atoms with Crippen LogP contribution in [-0.2, 0) is 10.2 Å². The third-order valence-corrected chi connectivity index (χ3v) is 6.06. The van der Waals surface area contributed by atoms with Gasteiger partial charge in [-0.25, -0.2) is 4.79 Å². The van der Waals surface area contributed by atoms with Gasteiger partial charge < -0.3 is 10.6 Å². The molecule has 0 unspecified atom stereocenters. The number of benzene rings is 2. The molecule has 2 aromatic carbocycles. The van der Waals surface area contributed by atoms with E-state index in [-0.39, 0.29) is 11.9 Å². The van der Waals surface area contributed by atoms with Crippen LogP contribution in [0.1, 0.15) is 31.2 Å². The highest BCUT2D eigenvalue weighted by atomic mass is 79.9. The SMILES string of the molecule is O=C1NCCN1c1ccc(NC(=O)C2(c3cccc(Br)c3)CCCC2)cc1. The van der Waals surface area contributed by atoms with Crippen LogP contribution in [0.25, 0.3) is 0 Å². The Morgan fingerprint density at radius 3 is 2.48 bits per heavy atom. The van der Waals surface area contributed by atoms with Crippen LogP contribution in [-0.4, -0.2) is 25.0 Å². The molecule has 0 bridgehead atoms. The van der Waals surface area contributed by atoms with Gasteiger partial charge in [-0.15, -0.1) is 0 Å². The lowest BCUT2D eigenvalue weighted by Gasteiger charge is -2.28. The molecule has 1 heterocycles. The molecule has 3 amide bonds. The molecular formula is C21H22BrN3O2. The minimum atomic E-state index is -0.475. The fourth-order valence-corrected chi connectivity index (χ4v) is 4.50. The minimum Gasteiger partial charge on any atom is -0.336 e. The Morgan fingerprint density at radius 1 is 1.11 bits per heavy atom. The summed E-state index contributed by atoms with van der Waals surface area (Å²) in [7, 11) is 0. The van der Waals surface area contributed by atoms with E-state index in [0.717, 1.165) is 47.1 Å². The van der Waals surface area contributed by atoms with Crippen molar-refractivity contribution in [3.63, 3.8) is 0 Å². The number of halogens is 1. The van der Waals surface area contributed by atoms with Gasteiger partial charge in [-0.3, -0.25) is 9.69 Å². The monoisotopic (exact) mass is 427 g/mol. The quantitative estimate of drug-likeness (QED) is 0.757. The second-order valence-electron chi connectivity index (χ2n) is 7.18. The molecule has 2 N–H and O–H groups in total. The van der Waals surface area contributed by atoms with Gasteiger partial charge in [-0.2, -0.15) is 0 Å². The molecule has 0 spiro atoms. The van der Waals surface area contributed by atoms with Gasteiger partial charge in [-0.05, 0) is 54.8 Å². The van der Waals surface area contributed by atoms with Gasteiger partial charge in [0.2, 0.25) is 5.91 Å². The molecule has 1 aliphatic carbocycles. The van der Waals surface area contributed by atoms with Gasteiger partial charge in [0.15, 0.2) is 0 Å². The highest BCUT2D eigenvalue weighted by Crippen LogP contribution is 2.42. The zero-order valence-corrected chi connectivity index (χ0v) is 16.6. The van der Waals surface area contributed by atoms with Crippen LogP contribution in [0, 0.1) is 0 Å². The number of carbonyl (C=O) groups excluding carboxylic acids is 2. The third kappa shape index (κ3) is 3.46. The zero-order valence-electron chi connectivity index (χ0n) is 15.0. The summed E-state index contributed by atoms with van der Waals surface area (Å²) in [6, 6.07) is 15.5. The van der Waals surface area contributed by atoms with Crippen molar-refractivity contribution < 1.29 is 9.59 Å². The molecule has 2 aromatic rings. The van der Waals surface area contributed by atoms with E-state index in [4.69, 9.17) is 0 Å². The second-order valence-corrected chi connectivity index (χ2v) is 8.10. The first-order valence-electron chi connectivity index (χ1n) is 9.31. The topological polar surface area (TPSA) is 61.4 Å². The first kappa shape index (κ1) is 18.0. The van der Waals surface area contributed by atoms with Gasteiger partial charge in [-0.1, -0.05) is 40.9 Å². The Labute approximate surface area is 167 Å². The Balaban J connectivity index is 1.54. The number of hydrogen-bond donors (Lipinski definition) is 2. The van der Waals surface area contributed by atoms with Crippen molar-refractivity contribution in [2.75, 3.05) is 23.3 Å². The summed E-state index contributed by atoms with van der Waals surface area (Å²) in [5.41, 5.74) is 2.18. The minimum absolute atomic E-state index is 0.0461. The van der Waals surface area contributed by atoms with Crippen molar-refractivity contribution in [2.24, 2.45) is 0 Å². The van der Waals surface area contributed by atoms with Crippen LogP contribution >= 0.6 is 15.9 Å². The average molecular weight is 428 g/mol. The van der Waals surface area contributed by atoms with Crippen molar-refractivity contribution in [2.45, 2.75) is 31.1 Å². The fourth-order valence-electron chi connectivity index (χ4n) is 4.10. The van der Waals surface area contributed by atoms with E-state index in [0.29, 0.717) is 13.1 Å². The number of urea groups is 1. The van der Waals surface area contributed by atoms with E-state index >= 15 is 0 Å². The summed E-state index contributed by atoms with van der Waals surface area (Å²) < 4.78 is 0.993. The lowest BCUT2D eigenvalue weighted by Crippen LogP contribution is -2.38. The van der Waals surface area contributed by atoms with E-state index in [1.807, 2.05) is 42.5 Å². The lowest BCUT2D eigenvalue weighted by atomic mass is 9.78. The van der Waals surface area contributed by atoms with E-state index in [1.165, 1.54) is 0 Å². The largest absolute Gasteiger partial charge is 0.336 e. The molecule has 0 atom stereocenters. The van der Waals surface area contributed by atoms with Crippen molar-refractivity contribution in [1.82, 2.24) is 5.32 Å². The molecule has 1 saturated carbocycles. The lowest BCUT2D eigenvalue weighted by molar-refractivity contribution is -0.121. The van der Waals surface area contributed by atoms with Crippen LogP contribution in [0.4, 0.5) is 16.2 Å². The number of rotatable bonds is 4. The first-order valence-corrected chi connectivity index (χ1v) is 10.1. The maximum atomic E-state index is 13.2. The molecule has 140 valence electrons. The summed E-state index contributed by atoms with van der Waals surface area (Å²) >= 11 is 3.53. The summed E-state index contributed by atoms with van der Waals surface area (Å²) in [4.78, 5) is 26.7. The Hall–Kier alpha value is -2.34. The van der Waals surface area contributed by atoms with Gasteiger partial charge in [0.1, 0.15) is 0 Å². The van der Waals surface area contributed by atoms with Crippen LogP contribution in [0.3, 0.4) is 0 Å². The van der Waals surface area contributed by atoms with E-state index in [1.54, 1.807) is 4.90 Å². The van der Waals surface area contributed by atoms with Crippen molar-refractivity contribution in [3.8, 4) is 0 Å². The predicted octanol–water partition coefficient (Wildman–Crippen LogP) is 4.43. The normalized spacial score (nSPS) is 18.4. The number of amides is 3. The molecule has 4 rings (SSSR count). The van der Waals surface area contributed by atoms with Crippen LogP contribution in [0.5, 0.6) is 0 Å². The number of hydrogen-bond acceptors (Lipinski definition) is 2. The van der Waals surface area contributed by atoms with Gasteiger partial charge in [0.25, 0.3) is 0 Å². The van der Waals surface area contributed by atoms with E-state index < -0.39 is 5.41 Å². The maximum absolute atomic E-state index is 13.2. The van der Waals surface area contributed by atoms with E-state index in [9.17, 15) is 9.59 Å². The molecular weight excluding hydrogens is 406 g/mol. The average Bonchev–Trinajstić information content (AvgIpc) is 3.32. The fraction of sp³-hybridized carbons (Fsp3) is 0.333. The molecule has 2 fully saturated rings. The summed E-state index contributed by atoms with van der Waals surface area (Å²) in [6.07, 6.45) is 3.84. The second kappa shape index (κ2) is 7.35. The van der Waals surface area contributed by atoms with Crippen molar-refractivity contribution in [1.29, 1.82) is 0 Å². The number of anilines is 2.